The summed E-state index contributed by atoms with van der Waals surface area (Å²) in [6, 6.07) is 4.56. The van der Waals surface area contributed by atoms with Gasteiger partial charge in [0.25, 0.3) is 0 Å². The van der Waals surface area contributed by atoms with Crippen molar-refractivity contribution in [1.29, 1.82) is 0 Å². The molecule has 150 valence electrons. The molecule has 0 bridgehead atoms. The van der Waals surface area contributed by atoms with E-state index in [0.717, 1.165) is 12.2 Å². The quantitative estimate of drug-likeness (QED) is 0.689. The lowest BCUT2D eigenvalue weighted by molar-refractivity contribution is 0.354. The van der Waals surface area contributed by atoms with Crippen LogP contribution >= 0.6 is 0 Å². The predicted octanol–water partition coefficient (Wildman–Crippen LogP) is 1.81. The average molecular weight is 398 g/mol. The summed E-state index contributed by atoms with van der Waals surface area (Å²) in [5.74, 6) is 0.973. The minimum absolute atomic E-state index is 0.119. The molecular weight excluding hydrogens is 370 g/mol. The van der Waals surface area contributed by atoms with Crippen LogP contribution in [0.1, 0.15) is 32.6 Å². The van der Waals surface area contributed by atoms with Gasteiger partial charge in [-0.3, -0.25) is 4.57 Å². The summed E-state index contributed by atoms with van der Waals surface area (Å²) < 4.78 is 40.6. The van der Waals surface area contributed by atoms with Gasteiger partial charge >= 0.3 is 6.01 Å². The first-order valence-electron chi connectivity index (χ1n) is 8.67. The SMILES string of the molecule is CCN(C)c1ccc(S(=O)(=O)N[C@H](C)c2nnc(OC)n2CC)cc1OC. The number of anilines is 1. The summed E-state index contributed by atoms with van der Waals surface area (Å²) in [4.78, 5) is 2.09. The molecule has 10 heteroatoms. The molecule has 0 saturated carbocycles. The maximum Gasteiger partial charge on any atom is 0.316 e. The zero-order valence-electron chi connectivity index (χ0n) is 16.6. The maximum absolute atomic E-state index is 12.8. The fourth-order valence-electron chi connectivity index (χ4n) is 2.73. The largest absolute Gasteiger partial charge is 0.495 e. The zero-order chi connectivity index (χ0) is 20.2. The van der Waals surface area contributed by atoms with E-state index in [0.29, 0.717) is 24.1 Å². The van der Waals surface area contributed by atoms with Crippen molar-refractivity contribution in [2.75, 3.05) is 32.7 Å². The van der Waals surface area contributed by atoms with E-state index in [-0.39, 0.29) is 4.90 Å². The molecule has 0 unspecified atom stereocenters. The van der Waals surface area contributed by atoms with Gasteiger partial charge in [-0.05, 0) is 32.9 Å². The lowest BCUT2D eigenvalue weighted by atomic mass is 10.2. The normalized spacial score (nSPS) is 12.7. The smallest absolute Gasteiger partial charge is 0.316 e. The Kier molecular flexibility index (Phi) is 6.66. The van der Waals surface area contributed by atoms with Crippen molar-refractivity contribution in [3.8, 4) is 11.8 Å². The second-order valence-electron chi connectivity index (χ2n) is 5.98. The van der Waals surface area contributed by atoms with Crippen LogP contribution in [-0.2, 0) is 16.6 Å². The van der Waals surface area contributed by atoms with E-state index in [1.807, 2.05) is 25.8 Å². The number of ether oxygens (including phenoxy) is 2. The maximum atomic E-state index is 12.8. The first kappa shape index (κ1) is 21.0. The second-order valence-corrected chi connectivity index (χ2v) is 7.69. The summed E-state index contributed by atoms with van der Waals surface area (Å²) >= 11 is 0. The van der Waals surface area contributed by atoms with E-state index in [1.54, 1.807) is 23.6 Å². The summed E-state index contributed by atoms with van der Waals surface area (Å²) in [7, 11) is 1.15. The van der Waals surface area contributed by atoms with Crippen LogP contribution < -0.4 is 19.1 Å². The van der Waals surface area contributed by atoms with Gasteiger partial charge in [0, 0.05) is 26.2 Å². The number of sulfonamides is 1. The standard InChI is InChI=1S/C17H27N5O4S/c1-7-21(4)14-10-9-13(11-15(14)25-5)27(23,24)20-12(3)16-18-19-17(26-6)22(16)8-2/h9-12,20H,7-8H2,1-6H3/t12-/m1/s1. The zero-order valence-corrected chi connectivity index (χ0v) is 17.4. The van der Waals surface area contributed by atoms with Crippen molar-refractivity contribution in [1.82, 2.24) is 19.5 Å². The number of nitrogens with zero attached hydrogens (tertiary/aromatic N) is 4. The molecule has 0 amide bonds. The van der Waals surface area contributed by atoms with E-state index in [1.165, 1.54) is 20.3 Å². The van der Waals surface area contributed by atoms with E-state index in [4.69, 9.17) is 9.47 Å². The van der Waals surface area contributed by atoms with Crippen molar-refractivity contribution in [3.05, 3.63) is 24.0 Å². The van der Waals surface area contributed by atoms with Crippen LogP contribution in [0.3, 0.4) is 0 Å². The lowest BCUT2D eigenvalue weighted by Crippen LogP contribution is -2.29. The van der Waals surface area contributed by atoms with Gasteiger partial charge in [0.2, 0.25) is 10.0 Å². The Morgan fingerprint density at radius 2 is 1.93 bits per heavy atom. The molecule has 0 aliphatic heterocycles. The number of hydrogen-bond donors (Lipinski definition) is 1. The Labute approximate surface area is 160 Å². The fraction of sp³-hybridized carbons (Fsp3) is 0.529. The van der Waals surface area contributed by atoms with Crippen LogP contribution in [0.5, 0.6) is 11.8 Å². The second kappa shape index (κ2) is 8.57. The highest BCUT2D eigenvalue weighted by Crippen LogP contribution is 2.30. The molecular formula is C17H27N5O4S. The summed E-state index contributed by atoms with van der Waals surface area (Å²) in [5, 5.41) is 7.97. The fourth-order valence-corrected chi connectivity index (χ4v) is 3.95. The van der Waals surface area contributed by atoms with Gasteiger partial charge in [-0.25, -0.2) is 13.1 Å². The van der Waals surface area contributed by atoms with Crippen LogP contribution in [0.2, 0.25) is 0 Å². The van der Waals surface area contributed by atoms with Gasteiger partial charge in [0.1, 0.15) is 5.75 Å². The van der Waals surface area contributed by atoms with Crippen molar-refractivity contribution in [3.63, 3.8) is 0 Å². The molecule has 1 heterocycles. The van der Waals surface area contributed by atoms with Gasteiger partial charge in [-0.2, -0.15) is 0 Å². The van der Waals surface area contributed by atoms with Crippen LogP contribution in [0.4, 0.5) is 5.69 Å². The Balaban J connectivity index is 2.32. The van der Waals surface area contributed by atoms with Crippen LogP contribution in [-0.4, -0.2) is 51.0 Å². The Morgan fingerprint density at radius 1 is 1.22 bits per heavy atom. The van der Waals surface area contributed by atoms with Crippen molar-refractivity contribution in [2.24, 2.45) is 0 Å². The van der Waals surface area contributed by atoms with Crippen molar-refractivity contribution in [2.45, 2.75) is 38.3 Å². The van der Waals surface area contributed by atoms with E-state index >= 15 is 0 Å². The highest BCUT2D eigenvalue weighted by atomic mass is 32.2. The first-order valence-corrected chi connectivity index (χ1v) is 10.2. The summed E-state index contributed by atoms with van der Waals surface area (Å²) in [6.45, 7) is 6.95. The monoisotopic (exact) mass is 397 g/mol. The molecule has 2 rings (SSSR count). The highest BCUT2D eigenvalue weighted by molar-refractivity contribution is 7.89. The lowest BCUT2D eigenvalue weighted by Gasteiger charge is -2.21. The van der Waals surface area contributed by atoms with Gasteiger partial charge in [-0.15, -0.1) is 5.10 Å². The number of hydrogen-bond acceptors (Lipinski definition) is 7. The van der Waals surface area contributed by atoms with Crippen molar-refractivity contribution < 1.29 is 17.9 Å². The molecule has 0 spiro atoms. The molecule has 27 heavy (non-hydrogen) atoms. The predicted molar refractivity (Wildman–Crippen MR) is 103 cm³/mol. The number of rotatable bonds is 9. The van der Waals surface area contributed by atoms with Gasteiger partial charge in [0.15, 0.2) is 5.82 Å². The van der Waals surface area contributed by atoms with Gasteiger partial charge in [0.05, 0.1) is 30.8 Å². The Hall–Kier alpha value is -2.33. The number of nitrogens with one attached hydrogen (secondary N) is 1. The molecule has 1 aromatic carbocycles. The van der Waals surface area contributed by atoms with Gasteiger partial charge in [-0.1, -0.05) is 5.10 Å². The molecule has 0 aliphatic carbocycles. The third-order valence-corrected chi connectivity index (χ3v) is 5.85. The molecule has 9 nitrogen and oxygen atoms in total. The Morgan fingerprint density at radius 3 is 2.48 bits per heavy atom. The van der Waals surface area contributed by atoms with E-state index < -0.39 is 16.1 Å². The van der Waals surface area contributed by atoms with Crippen molar-refractivity contribution >= 4 is 15.7 Å². The molecule has 1 atom stereocenters. The van der Waals surface area contributed by atoms with Crippen LogP contribution in [0.15, 0.2) is 23.1 Å². The molecule has 0 radical (unpaired) electrons. The summed E-state index contributed by atoms with van der Waals surface area (Å²) in [6.07, 6.45) is 0. The van der Waals surface area contributed by atoms with Crippen LogP contribution in [0, 0.1) is 0 Å². The topological polar surface area (TPSA) is 98.6 Å². The number of aromatic nitrogens is 3. The van der Waals surface area contributed by atoms with E-state index in [9.17, 15) is 8.42 Å². The number of benzene rings is 1. The minimum atomic E-state index is -3.78. The molecule has 0 saturated heterocycles. The third-order valence-electron chi connectivity index (χ3n) is 4.31. The summed E-state index contributed by atoms with van der Waals surface area (Å²) in [5.41, 5.74) is 0.822. The molecule has 2 aromatic rings. The Bertz CT molecular complexity index is 881. The minimum Gasteiger partial charge on any atom is -0.495 e. The average Bonchev–Trinajstić information content (AvgIpc) is 3.09. The first-order chi connectivity index (χ1) is 12.8. The van der Waals surface area contributed by atoms with Crippen LogP contribution in [0.25, 0.3) is 0 Å². The highest BCUT2D eigenvalue weighted by Gasteiger charge is 2.24. The molecule has 0 aliphatic rings. The van der Waals surface area contributed by atoms with E-state index in [2.05, 4.69) is 14.9 Å². The number of methoxy groups -OCH3 is 2. The molecule has 1 aromatic heterocycles. The third kappa shape index (κ3) is 4.33. The molecule has 0 fully saturated rings. The molecule has 1 N–H and O–H groups in total. The van der Waals surface area contributed by atoms with Gasteiger partial charge < -0.3 is 14.4 Å².